The van der Waals surface area contributed by atoms with Crippen molar-refractivity contribution in [3.63, 3.8) is 0 Å². The minimum atomic E-state index is -0.201. The van der Waals surface area contributed by atoms with Crippen molar-refractivity contribution in [3.05, 3.63) is 69.7 Å². The first-order valence-electron chi connectivity index (χ1n) is 8.10. The molecule has 0 saturated carbocycles. The number of hydrogen-bond donors (Lipinski definition) is 2. The number of amides is 1. The lowest BCUT2D eigenvalue weighted by Gasteiger charge is -2.21. The van der Waals surface area contributed by atoms with Gasteiger partial charge in [-0.1, -0.05) is 52.3 Å². The van der Waals surface area contributed by atoms with Gasteiger partial charge in [-0.2, -0.15) is 0 Å². The monoisotopic (exact) mass is 387 g/mol. The Morgan fingerprint density at radius 3 is 2.58 bits per heavy atom. The number of carbonyl (C=O) groups excluding carboxylic acids is 1. The molecule has 1 heterocycles. The van der Waals surface area contributed by atoms with E-state index in [1.165, 1.54) is 16.7 Å². The Labute approximate surface area is 151 Å². The molecule has 126 valence electrons. The zero-order valence-corrected chi connectivity index (χ0v) is 15.5. The van der Waals surface area contributed by atoms with E-state index in [4.69, 9.17) is 0 Å². The molecule has 2 atom stereocenters. The zero-order chi connectivity index (χ0) is 17.1. The summed E-state index contributed by atoms with van der Waals surface area (Å²) in [7, 11) is 1.86. The van der Waals surface area contributed by atoms with E-state index >= 15 is 0 Å². The van der Waals surface area contributed by atoms with Crippen LogP contribution in [0.1, 0.15) is 29.2 Å². The van der Waals surface area contributed by atoms with Crippen LogP contribution in [-0.2, 0) is 11.3 Å². The van der Waals surface area contributed by atoms with Crippen LogP contribution in [0.3, 0.4) is 0 Å². The van der Waals surface area contributed by atoms with Crippen molar-refractivity contribution in [2.45, 2.75) is 32.0 Å². The maximum atomic E-state index is 12.7. The molecule has 0 radical (unpaired) electrons. The van der Waals surface area contributed by atoms with Gasteiger partial charge in [0.2, 0.25) is 5.91 Å². The molecular weight excluding hydrogens is 366 g/mol. The number of likely N-dealkylation sites (N-methyl/N-ethyl adjacent to an activating group) is 1. The third-order valence-corrected chi connectivity index (χ3v) is 5.05. The molecule has 0 bridgehead atoms. The first kappa shape index (κ1) is 17.1. The molecule has 0 spiro atoms. The van der Waals surface area contributed by atoms with Crippen molar-refractivity contribution in [1.29, 1.82) is 0 Å². The average Bonchev–Trinajstić information content (AvgIpc) is 3.07. The minimum Gasteiger partial charge on any atom is -0.340 e. The van der Waals surface area contributed by atoms with Gasteiger partial charge in [0, 0.05) is 24.1 Å². The van der Waals surface area contributed by atoms with E-state index in [0.29, 0.717) is 6.54 Å². The highest BCUT2D eigenvalue weighted by molar-refractivity contribution is 9.10. The van der Waals surface area contributed by atoms with Crippen molar-refractivity contribution in [1.82, 2.24) is 15.8 Å². The van der Waals surface area contributed by atoms with Gasteiger partial charge in [-0.15, -0.1) is 0 Å². The Balaban J connectivity index is 1.61. The Morgan fingerprint density at radius 2 is 1.88 bits per heavy atom. The number of hydrogen-bond acceptors (Lipinski definition) is 3. The van der Waals surface area contributed by atoms with Crippen LogP contribution in [0.15, 0.2) is 53.0 Å². The third-order valence-electron chi connectivity index (χ3n) is 4.52. The Kier molecular flexibility index (Phi) is 5.33. The largest absolute Gasteiger partial charge is 0.340 e. The van der Waals surface area contributed by atoms with Gasteiger partial charge in [0.1, 0.15) is 6.04 Å². The lowest BCUT2D eigenvalue weighted by molar-refractivity contribution is -0.132. The highest BCUT2D eigenvalue weighted by Crippen LogP contribution is 2.24. The average molecular weight is 388 g/mol. The second-order valence-corrected chi connectivity index (χ2v) is 7.22. The summed E-state index contributed by atoms with van der Waals surface area (Å²) in [6, 6.07) is 16.3. The lowest BCUT2D eigenvalue weighted by atomic mass is 10.0. The predicted molar refractivity (Wildman–Crippen MR) is 99.2 cm³/mol. The number of nitrogens with zero attached hydrogens (tertiary/aromatic N) is 1. The molecule has 2 unspecified atom stereocenters. The Morgan fingerprint density at radius 1 is 1.17 bits per heavy atom. The molecule has 0 aliphatic carbocycles. The highest BCUT2D eigenvalue weighted by atomic mass is 79.9. The second-order valence-electron chi connectivity index (χ2n) is 6.30. The third kappa shape index (κ3) is 3.86. The molecule has 2 aromatic rings. The molecule has 0 aromatic heterocycles. The molecule has 2 aromatic carbocycles. The van der Waals surface area contributed by atoms with E-state index in [1.807, 2.05) is 31.3 Å². The molecule has 5 heteroatoms. The summed E-state index contributed by atoms with van der Waals surface area (Å²) in [6.07, 6.45) is 0.749. The molecule has 4 nitrogen and oxygen atoms in total. The summed E-state index contributed by atoms with van der Waals surface area (Å²) < 4.78 is 1.06. The van der Waals surface area contributed by atoms with Crippen LogP contribution in [0.25, 0.3) is 0 Å². The highest BCUT2D eigenvalue weighted by Gasteiger charge is 2.31. The maximum absolute atomic E-state index is 12.7. The van der Waals surface area contributed by atoms with Crippen molar-refractivity contribution >= 4 is 21.8 Å². The predicted octanol–water partition coefficient (Wildman–Crippen LogP) is 3.32. The van der Waals surface area contributed by atoms with Crippen LogP contribution in [-0.4, -0.2) is 23.9 Å². The van der Waals surface area contributed by atoms with Crippen LogP contribution in [0.2, 0.25) is 0 Å². The summed E-state index contributed by atoms with van der Waals surface area (Å²) in [4.78, 5) is 14.5. The quantitative estimate of drug-likeness (QED) is 0.845. The number of nitrogens with one attached hydrogen (secondary N) is 2. The van der Waals surface area contributed by atoms with E-state index in [9.17, 15) is 4.79 Å². The normalized spacial score (nSPS) is 20.1. The molecule has 1 aliphatic heterocycles. The summed E-state index contributed by atoms with van der Waals surface area (Å²) in [5, 5.41) is 0. The number of benzene rings is 2. The summed E-state index contributed by atoms with van der Waals surface area (Å²) in [5.74, 6) is 0.116. The Bertz CT molecular complexity index is 717. The van der Waals surface area contributed by atoms with Gasteiger partial charge >= 0.3 is 0 Å². The fourth-order valence-electron chi connectivity index (χ4n) is 3.02. The fourth-order valence-corrected chi connectivity index (χ4v) is 3.28. The number of halogens is 1. The van der Waals surface area contributed by atoms with Gasteiger partial charge in [-0.3, -0.25) is 4.79 Å². The van der Waals surface area contributed by atoms with E-state index in [2.05, 4.69) is 58.0 Å². The molecule has 1 aliphatic rings. The molecule has 1 fully saturated rings. The maximum Gasteiger partial charge on any atom is 0.241 e. The van der Waals surface area contributed by atoms with Crippen LogP contribution in [0.5, 0.6) is 0 Å². The molecule has 3 rings (SSSR count). The molecule has 1 saturated heterocycles. The summed E-state index contributed by atoms with van der Waals surface area (Å²) >= 11 is 3.45. The van der Waals surface area contributed by atoms with Crippen molar-refractivity contribution in [2.24, 2.45) is 0 Å². The van der Waals surface area contributed by atoms with E-state index in [0.717, 1.165) is 10.9 Å². The topological polar surface area (TPSA) is 44.4 Å². The van der Waals surface area contributed by atoms with Gasteiger partial charge in [0.25, 0.3) is 0 Å². The van der Waals surface area contributed by atoms with Gasteiger partial charge in [0.15, 0.2) is 0 Å². The van der Waals surface area contributed by atoms with Crippen LogP contribution in [0, 0.1) is 6.92 Å². The van der Waals surface area contributed by atoms with Crippen molar-refractivity contribution in [2.75, 3.05) is 7.05 Å². The molecule has 2 N–H and O–H groups in total. The van der Waals surface area contributed by atoms with Crippen molar-refractivity contribution < 1.29 is 4.79 Å². The number of carbonyl (C=O) groups is 1. The molecule has 1 amide bonds. The number of hydrazine groups is 1. The number of aryl methyl sites for hydroxylation is 1. The zero-order valence-electron chi connectivity index (χ0n) is 13.9. The van der Waals surface area contributed by atoms with Gasteiger partial charge in [0.05, 0.1) is 0 Å². The van der Waals surface area contributed by atoms with Gasteiger partial charge in [-0.05, 0) is 42.2 Å². The van der Waals surface area contributed by atoms with Crippen molar-refractivity contribution in [3.8, 4) is 0 Å². The summed E-state index contributed by atoms with van der Waals surface area (Å²) in [5.41, 5.74) is 9.97. The van der Waals surface area contributed by atoms with E-state index < -0.39 is 0 Å². The SMILES string of the molecule is Cc1ccccc1CN(C)C(=O)C1CC(c2ccc(Br)cc2)NN1. The minimum absolute atomic E-state index is 0.116. The van der Waals surface area contributed by atoms with Crippen LogP contribution < -0.4 is 10.9 Å². The van der Waals surface area contributed by atoms with Gasteiger partial charge < -0.3 is 4.90 Å². The summed E-state index contributed by atoms with van der Waals surface area (Å²) in [6.45, 7) is 2.71. The molecular formula is C19H22BrN3O. The Hall–Kier alpha value is -1.69. The smallest absolute Gasteiger partial charge is 0.241 e. The van der Waals surface area contributed by atoms with E-state index in [1.54, 1.807) is 4.90 Å². The molecule has 24 heavy (non-hydrogen) atoms. The lowest BCUT2D eigenvalue weighted by Crippen LogP contribution is -2.43. The van der Waals surface area contributed by atoms with E-state index in [-0.39, 0.29) is 18.0 Å². The van der Waals surface area contributed by atoms with Gasteiger partial charge in [-0.25, -0.2) is 10.9 Å². The first-order valence-corrected chi connectivity index (χ1v) is 8.90. The van der Waals surface area contributed by atoms with Crippen LogP contribution in [0.4, 0.5) is 0 Å². The first-order chi connectivity index (χ1) is 11.5. The fraction of sp³-hybridized carbons (Fsp3) is 0.316. The van der Waals surface area contributed by atoms with Crippen LogP contribution >= 0.6 is 15.9 Å². The standard InChI is InChI=1S/C19H22BrN3O/c1-13-5-3-4-6-15(13)12-23(2)19(24)18-11-17(21-22-18)14-7-9-16(20)10-8-14/h3-10,17-18,21-22H,11-12H2,1-2H3. The second kappa shape index (κ2) is 7.47. The number of rotatable bonds is 4.